The molecule has 2 N–H and O–H groups in total. The fourth-order valence-electron chi connectivity index (χ4n) is 2.40. The highest BCUT2D eigenvalue weighted by Gasteiger charge is 2.19. The van der Waals surface area contributed by atoms with Crippen molar-refractivity contribution in [2.24, 2.45) is 0 Å². The molecule has 0 bridgehead atoms. The predicted octanol–water partition coefficient (Wildman–Crippen LogP) is 2.17. The number of carbonyl (C=O) groups is 1. The number of hydrogen-bond acceptors (Lipinski definition) is 7. The van der Waals surface area contributed by atoms with E-state index in [-0.39, 0.29) is 28.4 Å². The van der Waals surface area contributed by atoms with E-state index < -0.39 is 20.9 Å². The van der Waals surface area contributed by atoms with Crippen LogP contribution in [0.4, 0.5) is 11.4 Å². The Balaban J connectivity index is 2.08. The van der Waals surface area contributed by atoms with E-state index in [9.17, 15) is 23.3 Å². The molecule has 2 aromatic carbocycles. The number of nitro benzene ring substituents is 1. The van der Waals surface area contributed by atoms with Gasteiger partial charge in [0.1, 0.15) is 0 Å². The van der Waals surface area contributed by atoms with Gasteiger partial charge in [-0.2, -0.15) is 0 Å². The molecular formula is C18H21N3O7S. The summed E-state index contributed by atoms with van der Waals surface area (Å²) >= 11 is 0. The van der Waals surface area contributed by atoms with Crippen LogP contribution in [0.5, 0.6) is 5.75 Å². The van der Waals surface area contributed by atoms with Crippen molar-refractivity contribution in [2.45, 2.75) is 11.3 Å². The number of nitrogens with one attached hydrogen (secondary N) is 2. The molecule has 0 spiro atoms. The first-order chi connectivity index (χ1) is 13.8. The van der Waals surface area contributed by atoms with Crippen molar-refractivity contribution < 1.29 is 27.6 Å². The lowest BCUT2D eigenvalue weighted by molar-refractivity contribution is -0.385. The molecule has 2 rings (SSSR count). The number of benzene rings is 2. The minimum Gasteiger partial charge on any atom is -0.490 e. The van der Waals surface area contributed by atoms with Gasteiger partial charge in [-0.3, -0.25) is 14.9 Å². The van der Waals surface area contributed by atoms with Crippen LogP contribution in [-0.2, 0) is 14.8 Å². The molecule has 11 heteroatoms. The monoisotopic (exact) mass is 423 g/mol. The summed E-state index contributed by atoms with van der Waals surface area (Å²) in [5.74, 6) is -0.539. The molecule has 1 amide bonds. The normalized spacial score (nSPS) is 11.1. The van der Waals surface area contributed by atoms with Crippen LogP contribution in [0.15, 0.2) is 47.4 Å². The first kappa shape index (κ1) is 22.3. The summed E-state index contributed by atoms with van der Waals surface area (Å²) in [5, 5.41) is 13.6. The summed E-state index contributed by atoms with van der Waals surface area (Å²) < 4.78 is 36.6. The Morgan fingerprint density at radius 2 is 1.83 bits per heavy atom. The zero-order chi connectivity index (χ0) is 21.4. The molecule has 0 aromatic heterocycles. The number of amides is 1. The number of methoxy groups -OCH3 is 2. The van der Waals surface area contributed by atoms with Crippen molar-refractivity contribution in [1.29, 1.82) is 0 Å². The van der Waals surface area contributed by atoms with Crippen molar-refractivity contribution in [1.82, 2.24) is 4.72 Å². The topological polar surface area (TPSA) is 137 Å². The Hall–Kier alpha value is -3.02. The van der Waals surface area contributed by atoms with Crippen molar-refractivity contribution in [2.75, 3.05) is 32.7 Å². The molecule has 0 aliphatic rings. The third-order valence-corrected chi connectivity index (χ3v) is 5.35. The van der Waals surface area contributed by atoms with E-state index >= 15 is 0 Å². The first-order valence-corrected chi connectivity index (χ1v) is 9.99. The Bertz CT molecular complexity index is 975. The number of carbonyl (C=O) groups excluding carboxylic acids is 1. The third kappa shape index (κ3) is 5.98. The second-order valence-corrected chi connectivity index (χ2v) is 7.63. The molecule has 29 heavy (non-hydrogen) atoms. The van der Waals surface area contributed by atoms with Crippen LogP contribution in [0.3, 0.4) is 0 Å². The smallest absolute Gasteiger partial charge is 0.311 e. The van der Waals surface area contributed by atoms with Gasteiger partial charge in [0.2, 0.25) is 10.0 Å². The van der Waals surface area contributed by atoms with Crippen LogP contribution in [0.2, 0.25) is 0 Å². The Morgan fingerprint density at radius 1 is 1.14 bits per heavy atom. The van der Waals surface area contributed by atoms with Crippen LogP contribution in [0.25, 0.3) is 0 Å². The van der Waals surface area contributed by atoms with Crippen LogP contribution in [0.1, 0.15) is 16.8 Å². The predicted molar refractivity (Wildman–Crippen MR) is 106 cm³/mol. The average Bonchev–Trinajstić information content (AvgIpc) is 2.71. The van der Waals surface area contributed by atoms with Gasteiger partial charge in [-0.05, 0) is 42.8 Å². The summed E-state index contributed by atoms with van der Waals surface area (Å²) in [6.07, 6.45) is 0.540. The lowest BCUT2D eigenvalue weighted by Gasteiger charge is -2.09. The molecule has 0 unspecified atom stereocenters. The Labute approximate surface area is 168 Å². The summed E-state index contributed by atoms with van der Waals surface area (Å²) in [4.78, 5) is 22.8. The Morgan fingerprint density at radius 3 is 2.41 bits per heavy atom. The van der Waals surface area contributed by atoms with E-state index in [0.717, 1.165) is 6.07 Å². The lowest BCUT2D eigenvalue weighted by Crippen LogP contribution is -2.25. The van der Waals surface area contributed by atoms with E-state index in [1.807, 2.05) is 0 Å². The lowest BCUT2D eigenvalue weighted by atomic mass is 10.1. The van der Waals surface area contributed by atoms with Gasteiger partial charge in [-0.25, -0.2) is 13.1 Å². The number of ether oxygens (including phenoxy) is 2. The fourth-order valence-corrected chi connectivity index (χ4v) is 3.48. The van der Waals surface area contributed by atoms with Crippen molar-refractivity contribution in [3.63, 3.8) is 0 Å². The molecule has 0 heterocycles. The quantitative estimate of drug-likeness (QED) is 0.339. The minimum atomic E-state index is -3.67. The number of sulfonamides is 1. The van der Waals surface area contributed by atoms with E-state index in [0.29, 0.717) is 18.7 Å². The van der Waals surface area contributed by atoms with Crippen molar-refractivity contribution in [3.05, 3.63) is 58.1 Å². The van der Waals surface area contributed by atoms with E-state index in [4.69, 9.17) is 9.47 Å². The van der Waals surface area contributed by atoms with Gasteiger partial charge in [0.25, 0.3) is 5.91 Å². The van der Waals surface area contributed by atoms with Gasteiger partial charge < -0.3 is 14.8 Å². The SMILES string of the molecule is COCCCNS(=O)(=O)c1ccc(NC(=O)c2ccc(OC)c([N+](=O)[O-])c2)cc1. The summed E-state index contributed by atoms with van der Waals surface area (Å²) in [5.41, 5.74) is 0.0713. The maximum atomic E-state index is 12.4. The molecular weight excluding hydrogens is 402 g/mol. The standard InChI is InChI=1S/C18H21N3O7S/c1-27-11-3-10-19-29(25,26)15-7-5-14(6-8-15)20-18(22)13-4-9-17(28-2)16(12-13)21(23)24/h4-9,12,19H,3,10-11H2,1-2H3,(H,20,22). The van der Waals surface area contributed by atoms with Gasteiger partial charge >= 0.3 is 5.69 Å². The fraction of sp³-hybridized carbons (Fsp3) is 0.278. The molecule has 10 nitrogen and oxygen atoms in total. The van der Waals surface area contributed by atoms with Crippen LogP contribution >= 0.6 is 0 Å². The van der Waals surface area contributed by atoms with Crippen LogP contribution in [-0.4, -0.2) is 46.6 Å². The number of anilines is 1. The number of rotatable bonds is 10. The summed E-state index contributed by atoms with van der Waals surface area (Å²) in [7, 11) is -0.839. The third-order valence-electron chi connectivity index (χ3n) is 3.88. The van der Waals surface area contributed by atoms with Gasteiger partial charge in [0.05, 0.1) is 16.9 Å². The van der Waals surface area contributed by atoms with Crippen LogP contribution in [0, 0.1) is 10.1 Å². The second kappa shape index (κ2) is 9.96. The highest BCUT2D eigenvalue weighted by Crippen LogP contribution is 2.28. The van der Waals surface area contributed by atoms with E-state index in [1.165, 1.54) is 50.6 Å². The van der Waals surface area contributed by atoms with Crippen molar-refractivity contribution in [3.8, 4) is 5.75 Å². The molecule has 0 atom stereocenters. The summed E-state index contributed by atoms with van der Waals surface area (Å²) in [6.45, 7) is 0.682. The minimum absolute atomic E-state index is 0.0408. The Kier molecular flexibility index (Phi) is 7.65. The number of hydrogen-bond donors (Lipinski definition) is 2. The van der Waals surface area contributed by atoms with E-state index in [2.05, 4.69) is 10.0 Å². The molecule has 0 aliphatic heterocycles. The molecule has 0 fully saturated rings. The zero-order valence-electron chi connectivity index (χ0n) is 15.9. The first-order valence-electron chi connectivity index (χ1n) is 8.51. The maximum Gasteiger partial charge on any atom is 0.311 e. The van der Waals surface area contributed by atoms with Crippen molar-refractivity contribution >= 4 is 27.3 Å². The molecule has 0 saturated heterocycles. The van der Waals surface area contributed by atoms with Gasteiger partial charge in [0, 0.05) is 37.6 Å². The maximum absolute atomic E-state index is 12.4. The molecule has 156 valence electrons. The number of nitrogens with zero attached hydrogens (tertiary/aromatic N) is 1. The largest absolute Gasteiger partial charge is 0.490 e. The van der Waals surface area contributed by atoms with Crippen LogP contribution < -0.4 is 14.8 Å². The average molecular weight is 423 g/mol. The highest BCUT2D eigenvalue weighted by molar-refractivity contribution is 7.89. The van der Waals surface area contributed by atoms with Gasteiger partial charge in [-0.1, -0.05) is 0 Å². The molecule has 0 aliphatic carbocycles. The molecule has 2 aromatic rings. The summed E-state index contributed by atoms with van der Waals surface area (Å²) in [6, 6.07) is 9.40. The van der Waals surface area contributed by atoms with E-state index in [1.54, 1.807) is 0 Å². The number of nitro groups is 1. The van der Waals surface area contributed by atoms with Gasteiger partial charge in [-0.15, -0.1) is 0 Å². The zero-order valence-corrected chi connectivity index (χ0v) is 16.7. The molecule has 0 radical (unpaired) electrons. The highest BCUT2D eigenvalue weighted by atomic mass is 32.2. The van der Waals surface area contributed by atoms with Gasteiger partial charge in [0.15, 0.2) is 5.75 Å². The molecule has 0 saturated carbocycles. The second-order valence-electron chi connectivity index (χ2n) is 5.87.